The van der Waals surface area contributed by atoms with E-state index in [-0.39, 0.29) is 10.7 Å². The summed E-state index contributed by atoms with van der Waals surface area (Å²) in [6.45, 7) is -0.105. The molecule has 0 aromatic heterocycles. The summed E-state index contributed by atoms with van der Waals surface area (Å²) in [6.07, 6.45) is 2.96. The Hall–Kier alpha value is -3.59. The second-order valence-electron chi connectivity index (χ2n) is 6.20. The highest BCUT2D eigenvalue weighted by atomic mass is 35.5. The fourth-order valence-corrected chi connectivity index (χ4v) is 2.74. The molecule has 1 N–H and O–H groups in total. The van der Waals surface area contributed by atoms with E-state index >= 15 is 0 Å². The number of benzene rings is 2. The highest BCUT2D eigenvalue weighted by Crippen LogP contribution is 2.27. The van der Waals surface area contributed by atoms with Gasteiger partial charge in [0, 0.05) is 18.7 Å². The molecule has 0 bridgehead atoms. The van der Waals surface area contributed by atoms with Crippen molar-refractivity contribution in [3.63, 3.8) is 0 Å². The van der Waals surface area contributed by atoms with Crippen LogP contribution in [0.2, 0.25) is 5.02 Å². The maximum absolute atomic E-state index is 11.8. The van der Waals surface area contributed by atoms with Crippen molar-refractivity contribution >= 4 is 35.2 Å². The molecule has 2 aromatic carbocycles. The number of nitro benzene ring substituents is 1. The third-order valence-corrected chi connectivity index (χ3v) is 4.43. The Balaban J connectivity index is 1.77. The standard InChI is InChI=1S/C21H21ClN2O7/c1-29-18-7-4-15(12-19(18)30-2)9-10-23-20(25)13-31-21(26)8-5-14-3-6-16(22)17(11-14)24(27)28/h3-8,11-12H,9-10,13H2,1-2H3,(H,23,25)/b8-5+. The van der Waals surface area contributed by atoms with Crippen LogP contribution in [0.5, 0.6) is 11.5 Å². The first-order valence-electron chi connectivity index (χ1n) is 9.10. The van der Waals surface area contributed by atoms with Crippen LogP contribution in [0.15, 0.2) is 42.5 Å². The van der Waals surface area contributed by atoms with Gasteiger partial charge in [-0.3, -0.25) is 14.9 Å². The van der Waals surface area contributed by atoms with E-state index in [9.17, 15) is 19.7 Å². The van der Waals surface area contributed by atoms with Crippen LogP contribution in [-0.4, -0.2) is 44.2 Å². The van der Waals surface area contributed by atoms with Crippen molar-refractivity contribution < 1.29 is 28.7 Å². The molecule has 0 saturated heterocycles. The molecule has 0 heterocycles. The summed E-state index contributed by atoms with van der Waals surface area (Å²) in [7, 11) is 3.09. The molecule has 164 valence electrons. The summed E-state index contributed by atoms with van der Waals surface area (Å²) in [4.78, 5) is 33.9. The van der Waals surface area contributed by atoms with E-state index in [0.717, 1.165) is 11.6 Å². The van der Waals surface area contributed by atoms with Gasteiger partial charge < -0.3 is 19.5 Å². The third-order valence-electron chi connectivity index (χ3n) is 4.11. The highest BCUT2D eigenvalue weighted by Gasteiger charge is 2.12. The molecule has 0 fully saturated rings. The van der Waals surface area contributed by atoms with Crippen molar-refractivity contribution in [2.24, 2.45) is 0 Å². The van der Waals surface area contributed by atoms with Crippen LogP contribution in [0.25, 0.3) is 6.08 Å². The largest absolute Gasteiger partial charge is 0.493 e. The van der Waals surface area contributed by atoms with Gasteiger partial charge in [-0.05, 0) is 41.8 Å². The lowest BCUT2D eigenvalue weighted by Gasteiger charge is -2.10. The molecule has 2 rings (SSSR count). The van der Waals surface area contributed by atoms with Crippen LogP contribution in [0, 0.1) is 10.1 Å². The zero-order valence-electron chi connectivity index (χ0n) is 16.9. The van der Waals surface area contributed by atoms with Gasteiger partial charge in [0.15, 0.2) is 18.1 Å². The lowest BCUT2D eigenvalue weighted by molar-refractivity contribution is -0.384. The van der Waals surface area contributed by atoms with Crippen LogP contribution in [0.1, 0.15) is 11.1 Å². The van der Waals surface area contributed by atoms with Crippen LogP contribution >= 0.6 is 11.6 Å². The second-order valence-corrected chi connectivity index (χ2v) is 6.61. The number of hydrogen-bond donors (Lipinski definition) is 1. The van der Waals surface area contributed by atoms with E-state index in [1.807, 2.05) is 12.1 Å². The minimum absolute atomic E-state index is 0.00511. The summed E-state index contributed by atoms with van der Waals surface area (Å²) < 4.78 is 15.3. The van der Waals surface area contributed by atoms with E-state index in [1.54, 1.807) is 20.3 Å². The van der Waals surface area contributed by atoms with E-state index in [1.165, 1.54) is 24.3 Å². The fourth-order valence-electron chi connectivity index (χ4n) is 2.56. The average Bonchev–Trinajstić information content (AvgIpc) is 2.76. The number of hydrogen-bond acceptors (Lipinski definition) is 7. The van der Waals surface area contributed by atoms with Gasteiger partial charge in [-0.1, -0.05) is 23.7 Å². The molecule has 2 aromatic rings. The monoisotopic (exact) mass is 448 g/mol. The number of rotatable bonds is 10. The Morgan fingerprint density at radius 3 is 2.55 bits per heavy atom. The zero-order chi connectivity index (χ0) is 22.8. The number of carbonyl (C=O) groups is 2. The lowest BCUT2D eigenvalue weighted by Crippen LogP contribution is -2.30. The molecule has 0 spiro atoms. The molecule has 1 amide bonds. The van der Waals surface area contributed by atoms with E-state index in [4.69, 9.17) is 25.8 Å². The smallest absolute Gasteiger partial charge is 0.331 e. The first kappa shape index (κ1) is 23.7. The first-order valence-corrected chi connectivity index (χ1v) is 9.48. The first-order chi connectivity index (χ1) is 14.8. The number of nitrogens with one attached hydrogen (secondary N) is 1. The maximum Gasteiger partial charge on any atom is 0.331 e. The number of nitrogens with zero attached hydrogens (tertiary/aromatic N) is 1. The molecular formula is C21H21ClN2O7. The zero-order valence-corrected chi connectivity index (χ0v) is 17.7. The minimum Gasteiger partial charge on any atom is -0.493 e. The van der Waals surface area contributed by atoms with Crippen LogP contribution in [-0.2, 0) is 20.7 Å². The Bertz CT molecular complexity index is 992. The Labute approximate surface area is 183 Å². The molecule has 0 unspecified atom stereocenters. The number of amides is 1. The van der Waals surface area contributed by atoms with Gasteiger partial charge in [-0.15, -0.1) is 0 Å². The van der Waals surface area contributed by atoms with Gasteiger partial charge in [0.05, 0.1) is 19.1 Å². The molecule has 0 radical (unpaired) electrons. The predicted octanol–water partition coefficient (Wildman–Crippen LogP) is 3.18. The summed E-state index contributed by atoms with van der Waals surface area (Å²) in [6, 6.07) is 9.55. The molecule has 31 heavy (non-hydrogen) atoms. The number of methoxy groups -OCH3 is 2. The van der Waals surface area contributed by atoms with Crippen LogP contribution < -0.4 is 14.8 Å². The summed E-state index contributed by atoms with van der Waals surface area (Å²) in [5.74, 6) is -0.00137. The van der Waals surface area contributed by atoms with Crippen molar-refractivity contribution in [3.05, 3.63) is 68.7 Å². The average molecular weight is 449 g/mol. The van der Waals surface area contributed by atoms with Crippen molar-refractivity contribution in [3.8, 4) is 11.5 Å². The fraction of sp³-hybridized carbons (Fsp3) is 0.238. The Morgan fingerprint density at radius 1 is 1.13 bits per heavy atom. The van der Waals surface area contributed by atoms with Crippen molar-refractivity contribution in [2.75, 3.05) is 27.4 Å². The van der Waals surface area contributed by atoms with Gasteiger partial charge >= 0.3 is 5.97 Å². The van der Waals surface area contributed by atoms with Crippen LogP contribution in [0.4, 0.5) is 5.69 Å². The molecule has 10 heteroatoms. The maximum atomic E-state index is 11.8. The summed E-state index contributed by atoms with van der Waals surface area (Å²) in [5, 5.41) is 13.5. The van der Waals surface area contributed by atoms with Gasteiger partial charge in [-0.25, -0.2) is 4.79 Å². The lowest BCUT2D eigenvalue weighted by atomic mass is 10.1. The van der Waals surface area contributed by atoms with Gasteiger partial charge in [0.25, 0.3) is 11.6 Å². The molecular weight excluding hydrogens is 428 g/mol. The topological polar surface area (TPSA) is 117 Å². The predicted molar refractivity (Wildman–Crippen MR) is 114 cm³/mol. The second kappa shape index (κ2) is 11.6. The SMILES string of the molecule is COc1ccc(CCNC(=O)COC(=O)/C=C/c2ccc(Cl)c([N+](=O)[O-])c2)cc1OC. The van der Waals surface area contributed by atoms with E-state index in [2.05, 4.69) is 5.32 Å². The number of ether oxygens (including phenoxy) is 3. The third kappa shape index (κ3) is 7.31. The molecule has 0 aliphatic heterocycles. The number of esters is 1. The normalized spacial score (nSPS) is 10.5. The number of nitro groups is 1. The highest BCUT2D eigenvalue weighted by molar-refractivity contribution is 6.32. The molecule has 0 aliphatic rings. The number of halogens is 1. The van der Waals surface area contributed by atoms with Crippen molar-refractivity contribution in [1.29, 1.82) is 0 Å². The van der Waals surface area contributed by atoms with Gasteiger partial charge in [0.1, 0.15) is 5.02 Å². The molecule has 0 saturated carbocycles. The van der Waals surface area contributed by atoms with E-state index < -0.39 is 23.4 Å². The van der Waals surface area contributed by atoms with Gasteiger partial charge in [0.2, 0.25) is 0 Å². The quantitative estimate of drug-likeness (QED) is 0.257. The molecule has 0 atom stereocenters. The molecule has 0 aliphatic carbocycles. The minimum atomic E-state index is -0.757. The number of carbonyl (C=O) groups excluding carboxylic acids is 2. The summed E-state index contributed by atoms with van der Waals surface area (Å²) in [5.41, 5.74) is 1.06. The Morgan fingerprint density at radius 2 is 1.87 bits per heavy atom. The van der Waals surface area contributed by atoms with E-state index in [0.29, 0.717) is 30.0 Å². The summed E-state index contributed by atoms with van der Waals surface area (Å²) >= 11 is 5.73. The van der Waals surface area contributed by atoms with Crippen molar-refractivity contribution in [2.45, 2.75) is 6.42 Å². The van der Waals surface area contributed by atoms with Crippen molar-refractivity contribution in [1.82, 2.24) is 5.32 Å². The molecule has 9 nitrogen and oxygen atoms in total. The van der Waals surface area contributed by atoms with Gasteiger partial charge in [-0.2, -0.15) is 0 Å². The van der Waals surface area contributed by atoms with Crippen LogP contribution in [0.3, 0.4) is 0 Å². The Kier molecular flexibility index (Phi) is 8.83.